The van der Waals surface area contributed by atoms with Gasteiger partial charge in [-0.25, -0.2) is 15.0 Å². The van der Waals surface area contributed by atoms with Gasteiger partial charge >= 0.3 is 0 Å². The van der Waals surface area contributed by atoms with Crippen molar-refractivity contribution in [2.24, 2.45) is 5.92 Å². The number of rotatable bonds is 4. The molecule has 0 bridgehead atoms. The average molecular weight is 283 g/mol. The fourth-order valence-electron chi connectivity index (χ4n) is 2.76. The summed E-state index contributed by atoms with van der Waals surface area (Å²) in [5.74, 6) is 1.41. The maximum absolute atomic E-state index is 4.05. The Kier molecular flexibility index (Phi) is 4.28. The summed E-state index contributed by atoms with van der Waals surface area (Å²) in [6.45, 7) is 5.40. The Morgan fingerprint density at radius 1 is 1.19 bits per heavy atom. The molecule has 1 fully saturated rings. The highest BCUT2D eigenvalue weighted by Gasteiger charge is 2.16. The van der Waals surface area contributed by atoms with E-state index in [4.69, 9.17) is 0 Å². The van der Waals surface area contributed by atoms with Gasteiger partial charge in [0.05, 0.1) is 0 Å². The van der Waals surface area contributed by atoms with Crippen molar-refractivity contribution in [1.29, 1.82) is 0 Å². The molecule has 110 valence electrons. The lowest BCUT2D eigenvalue weighted by Gasteiger charge is -2.32. The average Bonchev–Trinajstić information content (AvgIpc) is 2.54. The number of hydrogen-bond donors (Lipinski definition) is 1. The van der Waals surface area contributed by atoms with Gasteiger partial charge in [-0.05, 0) is 36.5 Å². The molecule has 2 aromatic rings. The summed E-state index contributed by atoms with van der Waals surface area (Å²) in [6.07, 6.45) is 5.64. The second kappa shape index (κ2) is 6.52. The summed E-state index contributed by atoms with van der Waals surface area (Å²) in [6, 6.07) is 8.76. The molecule has 0 spiro atoms. The number of aromatic nitrogens is 3. The van der Waals surface area contributed by atoms with E-state index in [1.165, 1.54) is 49.8 Å². The van der Waals surface area contributed by atoms with E-state index >= 15 is 0 Å². The largest absolute Gasteiger partial charge is 0.371 e. The molecule has 1 aliphatic rings. The first-order valence-corrected chi connectivity index (χ1v) is 7.51. The Bertz CT molecular complexity index is 555. The smallest absolute Gasteiger partial charge is 0.225 e. The van der Waals surface area contributed by atoms with Crippen LogP contribution in [-0.4, -0.2) is 28.0 Å². The normalized spacial score (nSPS) is 18.5. The first kappa shape index (κ1) is 13.8. The van der Waals surface area contributed by atoms with E-state index in [1.807, 2.05) is 0 Å². The monoisotopic (exact) mass is 283 g/mol. The van der Waals surface area contributed by atoms with E-state index in [0.29, 0.717) is 5.95 Å². The maximum atomic E-state index is 4.05. The Balaban J connectivity index is 1.59. The molecule has 5 nitrogen and oxygen atoms in total. The van der Waals surface area contributed by atoms with Crippen LogP contribution in [0, 0.1) is 5.92 Å². The summed E-state index contributed by atoms with van der Waals surface area (Å²) in [7, 11) is 0. The van der Waals surface area contributed by atoms with Gasteiger partial charge in [-0.3, -0.25) is 0 Å². The van der Waals surface area contributed by atoms with E-state index < -0.39 is 0 Å². The van der Waals surface area contributed by atoms with E-state index in [9.17, 15) is 0 Å². The van der Waals surface area contributed by atoms with Crippen molar-refractivity contribution in [2.45, 2.75) is 26.3 Å². The van der Waals surface area contributed by atoms with Gasteiger partial charge in [-0.2, -0.15) is 0 Å². The molecule has 1 aliphatic heterocycles. The molecular weight excluding hydrogens is 262 g/mol. The topological polar surface area (TPSA) is 53.9 Å². The number of nitrogens with zero attached hydrogens (tertiary/aromatic N) is 4. The molecule has 0 unspecified atom stereocenters. The van der Waals surface area contributed by atoms with Crippen molar-refractivity contribution in [3.63, 3.8) is 0 Å². The zero-order valence-electron chi connectivity index (χ0n) is 12.4. The molecule has 1 atom stereocenters. The van der Waals surface area contributed by atoms with Gasteiger partial charge in [0.15, 0.2) is 0 Å². The first-order valence-electron chi connectivity index (χ1n) is 7.51. The zero-order chi connectivity index (χ0) is 14.5. The molecule has 1 aromatic carbocycles. The minimum atomic E-state index is 0.610. The lowest BCUT2D eigenvalue weighted by molar-refractivity contribution is 0.447. The highest BCUT2D eigenvalue weighted by atomic mass is 15.1. The van der Waals surface area contributed by atoms with Crippen molar-refractivity contribution in [1.82, 2.24) is 15.0 Å². The van der Waals surface area contributed by atoms with Crippen LogP contribution in [0.1, 0.15) is 25.3 Å². The van der Waals surface area contributed by atoms with Gasteiger partial charge < -0.3 is 10.2 Å². The van der Waals surface area contributed by atoms with Gasteiger partial charge in [0, 0.05) is 25.3 Å². The van der Waals surface area contributed by atoms with Crippen LogP contribution in [0.4, 0.5) is 11.6 Å². The van der Waals surface area contributed by atoms with E-state index in [-0.39, 0.29) is 0 Å². The van der Waals surface area contributed by atoms with Gasteiger partial charge in [0.1, 0.15) is 12.7 Å². The van der Waals surface area contributed by atoms with Crippen LogP contribution in [0.5, 0.6) is 0 Å². The summed E-state index contributed by atoms with van der Waals surface area (Å²) in [5, 5.41) is 3.19. The number of benzene rings is 1. The van der Waals surface area contributed by atoms with Crippen LogP contribution >= 0.6 is 0 Å². The molecule has 1 saturated heterocycles. The molecule has 0 amide bonds. The third-order valence-corrected chi connectivity index (χ3v) is 3.90. The number of nitrogens with one attached hydrogen (secondary N) is 1. The quantitative estimate of drug-likeness (QED) is 0.935. The van der Waals surface area contributed by atoms with Gasteiger partial charge in [0.25, 0.3) is 0 Å². The fraction of sp³-hybridized carbons (Fsp3) is 0.438. The van der Waals surface area contributed by atoms with Crippen LogP contribution < -0.4 is 10.2 Å². The molecule has 1 aromatic heterocycles. The van der Waals surface area contributed by atoms with Crippen molar-refractivity contribution in [3.8, 4) is 0 Å². The lowest BCUT2D eigenvalue weighted by Crippen LogP contribution is -2.34. The van der Waals surface area contributed by atoms with Crippen LogP contribution in [0.15, 0.2) is 36.9 Å². The fourth-order valence-corrected chi connectivity index (χ4v) is 2.76. The highest BCUT2D eigenvalue weighted by Crippen LogP contribution is 2.23. The molecular formula is C16H21N5. The molecule has 2 heterocycles. The Hall–Kier alpha value is -2.17. The van der Waals surface area contributed by atoms with Gasteiger partial charge in [0.2, 0.25) is 5.95 Å². The third-order valence-electron chi connectivity index (χ3n) is 3.90. The summed E-state index contributed by atoms with van der Waals surface area (Å²) in [4.78, 5) is 14.4. The summed E-state index contributed by atoms with van der Waals surface area (Å²) < 4.78 is 0. The van der Waals surface area contributed by atoms with Crippen molar-refractivity contribution in [3.05, 3.63) is 42.5 Å². The Morgan fingerprint density at radius 2 is 1.95 bits per heavy atom. The van der Waals surface area contributed by atoms with Gasteiger partial charge in [-0.15, -0.1) is 0 Å². The number of anilines is 2. The highest BCUT2D eigenvalue weighted by molar-refractivity contribution is 5.48. The van der Waals surface area contributed by atoms with E-state index in [2.05, 4.69) is 56.4 Å². The second-order valence-corrected chi connectivity index (χ2v) is 5.68. The molecule has 3 rings (SSSR count). The lowest BCUT2D eigenvalue weighted by atomic mass is 9.99. The van der Waals surface area contributed by atoms with E-state index in [0.717, 1.165) is 12.5 Å². The van der Waals surface area contributed by atoms with Crippen molar-refractivity contribution >= 4 is 11.6 Å². The van der Waals surface area contributed by atoms with Gasteiger partial charge in [-0.1, -0.05) is 19.1 Å². The molecule has 1 N–H and O–H groups in total. The predicted molar refractivity (Wildman–Crippen MR) is 84.2 cm³/mol. The number of hydrogen-bond acceptors (Lipinski definition) is 5. The molecule has 0 aliphatic carbocycles. The predicted octanol–water partition coefficient (Wildman–Crippen LogP) is 2.72. The maximum Gasteiger partial charge on any atom is 0.225 e. The van der Waals surface area contributed by atoms with E-state index in [1.54, 1.807) is 0 Å². The minimum Gasteiger partial charge on any atom is -0.371 e. The van der Waals surface area contributed by atoms with Crippen molar-refractivity contribution < 1.29 is 0 Å². The summed E-state index contributed by atoms with van der Waals surface area (Å²) in [5.41, 5.74) is 2.55. The van der Waals surface area contributed by atoms with Crippen LogP contribution in [0.2, 0.25) is 0 Å². The Morgan fingerprint density at radius 3 is 2.67 bits per heavy atom. The first-order chi connectivity index (χ1) is 10.3. The second-order valence-electron chi connectivity index (χ2n) is 5.68. The SMILES string of the molecule is C[C@H]1CCCN(c2ccc(CNc3ncncn3)cc2)C1. The third kappa shape index (κ3) is 3.68. The molecule has 21 heavy (non-hydrogen) atoms. The number of piperidine rings is 1. The van der Waals surface area contributed by atoms with Crippen LogP contribution in [0.3, 0.4) is 0 Å². The van der Waals surface area contributed by atoms with Crippen LogP contribution in [0.25, 0.3) is 0 Å². The Labute approximate surface area is 125 Å². The molecule has 0 saturated carbocycles. The molecule has 5 heteroatoms. The zero-order valence-corrected chi connectivity index (χ0v) is 12.4. The standard InChI is InChI=1S/C16H21N5/c1-13-3-2-8-21(10-13)15-6-4-14(5-7-15)9-18-16-19-11-17-12-20-16/h4-7,11-13H,2-3,8-10H2,1H3,(H,17,18,19,20)/t13-/m0/s1. The summed E-state index contributed by atoms with van der Waals surface area (Å²) >= 11 is 0. The molecule has 0 radical (unpaired) electrons. The van der Waals surface area contributed by atoms with Crippen molar-refractivity contribution in [2.75, 3.05) is 23.3 Å². The van der Waals surface area contributed by atoms with Crippen LogP contribution in [-0.2, 0) is 6.54 Å². The minimum absolute atomic E-state index is 0.610.